The fourth-order valence-electron chi connectivity index (χ4n) is 3.70. The number of carbonyl (C=O) groups excluding carboxylic acids is 1. The molecule has 1 aliphatic rings. The lowest BCUT2D eigenvalue weighted by atomic mass is 10.1. The summed E-state index contributed by atoms with van der Waals surface area (Å²) in [4.78, 5) is 23.9. The van der Waals surface area contributed by atoms with Gasteiger partial charge in [-0.1, -0.05) is 23.4 Å². The van der Waals surface area contributed by atoms with E-state index >= 15 is 0 Å². The second-order valence-electron chi connectivity index (χ2n) is 7.12. The number of hydrogen-bond donors (Lipinski definition) is 1. The average molecular weight is 393 g/mol. The van der Waals surface area contributed by atoms with E-state index in [4.69, 9.17) is 9.26 Å². The van der Waals surface area contributed by atoms with Gasteiger partial charge >= 0.3 is 0 Å². The molecule has 2 atom stereocenters. The van der Waals surface area contributed by atoms with Crippen molar-refractivity contribution in [1.82, 2.24) is 20.0 Å². The van der Waals surface area contributed by atoms with Crippen LogP contribution in [0.5, 0.6) is 5.75 Å². The largest absolute Gasteiger partial charge is 0.493 e. The van der Waals surface area contributed by atoms with Gasteiger partial charge in [-0.2, -0.15) is 4.98 Å². The molecule has 4 rings (SSSR count). The minimum atomic E-state index is -0.0483. The summed E-state index contributed by atoms with van der Waals surface area (Å²) in [5, 5.41) is 7.38. The number of anilines is 1. The van der Waals surface area contributed by atoms with Crippen molar-refractivity contribution < 1.29 is 14.1 Å². The first-order valence-corrected chi connectivity index (χ1v) is 9.53. The number of hydrogen-bond acceptors (Lipinski definition) is 7. The van der Waals surface area contributed by atoms with Crippen molar-refractivity contribution in [2.75, 3.05) is 19.0 Å². The molecule has 1 aliphatic heterocycles. The maximum Gasteiger partial charge on any atom is 0.254 e. The Morgan fingerprint density at radius 3 is 2.86 bits per heavy atom. The maximum absolute atomic E-state index is 13.4. The number of rotatable bonds is 5. The van der Waals surface area contributed by atoms with E-state index in [0.29, 0.717) is 41.0 Å². The number of pyridine rings is 1. The van der Waals surface area contributed by atoms with E-state index in [9.17, 15) is 4.79 Å². The highest BCUT2D eigenvalue weighted by atomic mass is 16.5. The van der Waals surface area contributed by atoms with Crippen molar-refractivity contribution in [3.05, 3.63) is 54.0 Å². The number of nitrogens with one attached hydrogen (secondary N) is 1. The van der Waals surface area contributed by atoms with Gasteiger partial charge in [0.2, 0.25) is 11.7 Å². The van der Waals surface area contributed by atoms with Crippen molar-refractivity contribution in [3.8, 4) is 17.1 Å². The molecule has 0 saturated carbocycles. The van der Waals surface area contributed by atoms with Gasteiger partial charge in [-0.25, -0.2) is 4.98 Å². The Morgan fingerprint density at radius 2 is 2.10 bits per heavy atom. The van der Waals surface area contributed by atoms with E-state index in [1.807, 2.05) is 35.2 Å². The van der Waals surface area contributed by atoms with Crippen LogP contribution >= 0.6 is 0 Å². The molecule has 3 aromatic rings. The molecule has 0 spiro atoms. The van der Waals surface area contributed by atoms with E-state index in [0.717, 1.165) is 6.42 Å². The molecule has 3 heterocycles. The first kappa shape index (κ1) is 18.9. The molecule has 0 unspecified atom stereocenters. The van der Waals surface area contributed by atoms with Crippen LogP contribution in [0, 0.1) is 6.92 Å². The predicted molar refractivity (Wildman–Crippen MR) is 108 cm³/mol. The summed E-state index contributed by atoms with van der Waals surface area (Å²) in [5.41, 5.74) is 1.24. The average Bonchev–Trinajstić information content (AvgIpc) is 3.33. The monoisotopic (exact) mass is 393 g/mol. The van der Waals surface area contributed by atoms with Gasteiger partial charge < -0.3 is 19.5 Å². The Balaban J connectivity index is 1.54. The Bertz CT molecular complexity index is 1020. The minimum Gasteiger partial charge on any atom is -0.493 e. The zero-order valence-corrected chi connectivity index (χ0v) is 16.6. The molecule has 1 fully saturated rings. The summed E-state index contributed by atoms with van der Waals surface area (Å²) in [6.07, 6.45) is 2.53. The number of likely N-dealkylation sites (tertiary alicyclic amines) is 1. The Hall–Kier alpha value is -3.42. The van der Waals surface area contributed by atoms with Gasteiger partial charge in [0.1, 0.15) is 0 Å². The highest BCUT2D eigenvalue weighted by Crippen LogP contribution is 2.29. The van der Waals surface area contributed by atoms with Crippen LogP contribution < -0.4 is 10.1 Å². The number of nitrogens with zero attached hydrogens (tertiary/aromatic N) is 4. The Morgan fingerprint density at radius 1 is 1.28 bits per heavy atom. The Labute approximate surface area is 168 Å². The number of amides is 1. The van der Waals surface area contributed by atoms with Crippen LogP contribution in [0.1, 0.15) is 29.6 Å². The summed E-state index contributed by atoms with van der Waals surface area (Å²) in [6.45, 7) is 4.35. The zero-order valence-electron chi connectivity index (χ0n) is 16.6. The lowest BCUT2D eigenvalue weighted by molar-refractivity contribution is 0.0747. The molecule has 0 bridgehead atoms. The highest BCUT2D eigenvalue weighted by molar-refractivity contribution is 6.00. The summed E-state index contributed by atoms with van der Waals surface area (Å²) in [7, 11) is 1.62. The summed E-state index contributed by atoms with van der Waals surface area (Å²) >= 11 is 0. The molecule has 8 nitrogen and oxygen atoms in total. The first-order valence-electron chi connectivity index (χ1n) is 9.53. The van der Waals surface area contributed by atoms with E-state index in [2.05, 4.69) is 27.4 Å². The van der Waals surface area contributed by atoms with Crippen LogP contribution in [0.15, 0.2) is 47.1 Å². The zero-order chi connectivity index (χ0) is 20.4. The van der Waals surface area contributed by atoms with E-state index in [-0.39, 0.29) is 18.0 Å². The standard InChI is InChI=1S/C21H23N5O3/c1-13-11-15(24-20-18(28-3)9-6-10-22-20)12-26(13)21(27)17-8-5-4-7-16(17)19-23-14(2)29-25-19/h4-10,13,15H,11-12H2,1-3H3,(H,22,24)/t13-,15-/m1/s1. The minimum absolute atomic E-state index is 0.0483. The molecule has 150 valence electrons. The molecule has 2 aromatic heterocycles. The number of aryl methyl sites for hydroxylation is 1. The number of methoxy groups -OCH3 is 1. The van der Waals surface area contributed by atoms with Crippen LogP contribution in [0.4, 0.5) is 5.82 Å². The molecule has 1 N–H and O–H groups in total. The van der Waals surface area contributed by atoms with Gasteiger partial charge in [-0.15, -0.1) is 0 Å². The lowest BCUT2D eigenvalue weighted by Crippen LogP contribution is -2.35. The summed E-state index contributed by atoms with van der Waals surface area (Å²) in [6, 6.07) is 11.2. The molecule has 29 heavy (non-hydrogen) atoms. The number of benzene rings is 1. The van der Waals surface area contributed by atoms with E-state index in [1.54, 1.807) is 26.3 Å². The smallest absolute Gasteiger partial charge is 0.254 e. The number of carbonyl (C=O) groups is 1. The normalized spacial score (nSPS) is 18.7. The van der Waals surface area contributed by atoms with Crippen LogP contribution in [0.25, 0.3) is 11.4 Å². The highest BCUT2D eigenvalue weighted by Gasteiger charge is 2.34. The third kappa shape index (κ3) is 3.78. The van der Waals surface area contributed by atoms with E-state index in [1.165, 1.54) is 0 Å². The second-order valence-corrected chi connectivity index (χ2v) is 7.12. The SMILES string of the molecule is COc1cccnc1N[C@@H]1C[C@@H](C)N(C(=O)c2ccccc2-c2noc(C)n2)C1. The van der Waals surface area contributed by atoms with Crippen molar-refractivity contribution in [3.63, 3.8) is 0 Å². The topological polar surface area (TPSA) is 93.4 Å². The van der Waals surface area contributed by atoms with Crippen LogP contribution in [-0.2, 0) is 0 Å². The fourth-order valence-corrected chi connectivity index (χ4v) is 3.70. The van der Waals surface area contributed by atoms with Gasteiger partial charge in [-0.05, 0) is 31.5 Å². The molecule has 1 aromatic carbocycles. The van der Waals surface area contributed by atoms with E-state index < -0.39 is 0 Å². The Kier molecular flexibility index (Phi) is 5.16. The molecular weight excluding hydrogens is 370 g/mol. The number of aromatic nitrogens is 3. The van der Waals surface area contributed by atoms with Gasteiger partial charge in [0.15, 0.2) is 11.6 Å². The van der Waals surface area contributed by atoms with Gasteiger partial charge in [0.05, 0.1) is 12.7 Å². The van der Waals surface area contributed by atoms with Crippen molar-refractivity contribution in [2.24, 2.45) is 0 Å². The second kappa shape index (κ2) is 7.90. The third-order valence-electron chi connectivity index (χ3n) is 5.09. The van der Waals surface area contributed by atoms with Crippen molar-refractivity contribution >= 4 is 11.7 Å². The van der Waals surface area contributed by atoms with Gasteiger partial charge in [0.25, 0.3) is 5.91 Å². The van der Waals surface area contributed by atoms with Crippen molar-refractivity contribution in [1.29, 1.82) is 0 Å². The first-order chi connectivity index (χ1) is 14.1. The molecule has 1 saturated heterocycles. The van der Waals surface area contributed by atoms with Gasteiger partial charge in [-0.3, -0.25) is 4.79 Å². The number of ether oxygens (including phenoxy) is 1. The lowest BCUT2D eigenvalue weighted by Gasteiger charge is -2.22. The molecular formula is C21H23N5O3. The van der Waals surface area contributed by atoms with Crippen molar-refractivity contribution in [2.45, 2.75) is 32.4 Å². The molecule has 0 aliphatic carbocycles. The van der Waals surface area contributed by atoms with Crippen LogP contribution in [0.3, 0.4) is 0 Å². The maximum atomic E-state index is 13.4. The summed E-state index contributed by atoms with van der Waals surface area (Å²) < 4.78 is 10.5. The quantitative estimate of drug-likeness (QED) is 0.711. The predicted octanol–water partition coefficient (Wildman–Crippen LogP) is 3.16. The molecule has 0 radical (unpaired) electrons. The van der Waals surface area contributed by atoms with Crippen LogP contribution in [0.2, 0.25) is 0 Å². The molecule has 1 amide bonds. The fraction of sp³-hybridized carbons (Fsp3) is 0.333. The third-order valence-corrected chi connectivity index (χ3v) is 5.09. The van der Waals surface area contributed by atoms with Crippen LogP contribution in [-0.4, -0.2) is 51.7 Å². The molecule has 8 heteroatoms. The van der Waals surface area contributed by atoms with Gasteiger partial charge in [0, 0.05) is 37.3 Å². The summed E-state index contributed by atoms with van der Waals surface area (Å²) in [5.74, 6) is 2.20.